The van der Waals surface area contributed by atoms with E-state index in [1.165, 1.54) is 0 Å². The molecule has 0 aliphatic rings. The fraction of sp³-hybridized carbons (Fsp3) is 0.545. The first-order chi connectivity index (χ1) is 8.33. The van der Waals surface area contributed by atoms with Gasteiger partial charge in [-0.3, -0.25) is 0 Å². The molecule has 1 N–H and O–H groups in total. The minimum Gasteiger partial charge on any atom is -0.463 e. The maximum Gasteiger partial charge on any atom is 0.337 e. The molecule has 0 amide bonds. The van der Waals surface area contributed by atoms with Crippen molar-refractivity contribution in [2.75, 3.05) is 13.2 Å². The van der Waals surface area contributed by atoms with Crippen LogP contribution in [0.4, 0.5) is 0 Å². The molecule has 6 heteroatoms. The van der Waals surface area contributed by atoms with E-state index in [4.69, 9.17) is 4.74 Å². The van der Waals surface area contributed by atoms with E-state index < -0.39 is 0 Å². The van der Waals surface area contributed by atoms with Crippen LogP contribution in [-0.4, -0.2) is 32.7 Å². The predicted molar refractivity (Wildman–Crippen MR) is 63.9 cm³/mol. The SMILES string of the molecule is CCCNCc1cnc2nc(OCC)nn2c1. The van der Waals surface area contributed by atoms with Gasteiger partial charge in [0.25, 0.3) is 5.78 Å². The quantitative estimate of drug-likeness (QED) is 0.757. The summed E-state index contributed by atoms with van der Waals surface area (Å²) in [6.07, 6.45) is 4.84. The van der Waals surface area contributed by atoms with Gasteiger partial charge in [-0.15, -0.1) is 5.10 Å². The Labute approximate surface area is 100 Å². The molecule has 0 spiro atoms. The van der Waals surface area contributed by atoms with Gasteiger partial charge < -0.3 is 10.1 Å². The van der Waals surface area contributed by atoms with Crippen molar-refractivity contribution in [3.63, 3.8) is 0 Å². The van der Waals surface area contributed by atoms with Crippen LogP contribution in [0.25, 0.3) is 5.78 Å². The molecule has 0 saturated heterocycles. The van der Waals surface area contributed by atoms with Crippen LogP contribution in [0, 0.1) is 0 Å². The Balaban J connectivity index is 2.12. The van der Waals surface area contributed by atoms with Crippen LogP contribution in [0.1, 0.15) is 25.8 Å². The molecule has 2 heterocycles. The summed E-state index contributed by atoms with van der Waals surface area (Å²) in [7, 11) is 0. The van der Waals surface area contributed by atoms with Crippen LogP contribution < -0.4 is 10.1 Å². The van der Waals surface area contributed by atoms with E-state index >= 15 is 0 Å². The highest BCUT2D eigenvalue weighted by Crippen LogP contribution is 2.06. The topological polar surface area (TPSA) is 64.3 Å². The number of fused-ring (bicyclic) bond motifs is 1. The lowest BCUT2D eigenvalue weighted by Gasteiger charge is -2.02. The third kappa shape index (κ3) is 2.91. The van der Waals surface area contributed by atoms with Gasteiger partial charge in [0.15, 0.2) is 0 Å². The minimum absolute atomic E-state index is 0.374. The molecular weight excluding hydrogens is 218 g/mol. The third-order valence-corrected chi connectivity index (χ3v) is 2.26. The second-order valence-electron chi connectivity index (χ2n) is 3.71. The van der Waals surface area contributed by atoms with Crippen molar-refractivity contribution in [2.45, 2.75) is 26.8 Å². The number of ether oxygens (including phenoxy) is 1. The summed E-state index contributed by atoms with van der Waals surface area (Å²) >= 11 is 0. The van der Waals surface area contributed by atoms with Crippen LogP contribution in [0.5, 0.6) is 6.01 Å². The average Bonchev–Trinajstić information content (AvgIpc) is 2.71. The van der Waals surface area contributed by atoms with Gasteiger partial charge in [-0.1, -0.05) is 6.92 Å². The molecule has 0 saturated carbocycles. The van der Waals surface area contributed by atoms with Crippen LogP contribution in [0.15, 0.2) is 12.4 Å². The van der Waals surface area contributed by atoms with Gasteiger partial charge in [0.05, 0.1) is 6.61 Å². The summed E-state index contributed by atoms with van der Waals surface area (Å²) < 4.78 is 6.88. The molecule has 0 aliphatic heterocycles. The Kier molecular flexibility index (Phi) is 3.87. The van der Waals surface area contributed by atoms with Crippen molar-refractivity contribution in [3.8, 4) is 6.01 Å². The van der Waals surface area contributed by atoms with Gasteiger partial charge in [-0.25, -0.2) is 9.50 Å². The lowest BCUT2D eigenvalue weighted by atomic mass is 10.3. The van der Waals surface area contributed by atoms with Gasteiger partial charge in [-0.2, -0.15) is 4.98 Å². The zero-order chi connectivity index (χ0) is 12.1. The average molecular weight is 235 g/mol. The van der Waals surface area contributed by atoms with E-state index in [0.29, 0.717) is 18.4 Å². The monoisotopic (exact) mass is 235 g/mol. The second-order valence-corrected chi connectivity index (χ2v) is 3.71. The molecular formula is C11H17N5O. The third-order valence-electron chi connectivity index (χ3n) is 2.26. The largest absolute Gasteiger partial charge is 0.463 e. The number of nitrogens with one attached hydrogen (secondary N) is 1. The Morgan fingerprint density at radius 1 is 1.41 bits per heavy atom. The van der Waals surface area contributed by atoms with Gasteiger partial charge in [0, 0.05) is 24.5 Å². The number of hydrogen-bond donors (Lipinski definition) is 1. The van der Waals surface area contributed by atoms with E-state index in [1.807, 2.05) is 19.3 Å². The van der Waals surface area contributed by atoms with E-state index in [2.05, 4.69) is 27.3 Å². The number of nitrogens with zero attached hydrogens (tertiary/aromatic N) is 4. The Hall–Kier alpha value is -1.69. The Bertz CT molecular complexity index is 482. The van der Waals surface area contributed by atoms with E-state index in [9.17, 15) is 0 Å². The van der Waals surface area contributed by atoms with Crippen molar-refractivity contribution < 1.29 is 4.74 Å². The summed E-state index contributed by atoms with van der Waals surface area (Å²) in [6.45, 7) is 6.39. The van der Waals surface area contributed by atoms with E-state index in [-0.39, 0.29) is 0 Å². The molecule has 0 fully saturated rings. The molecule has 92 valence electrons. The number of hydrogen-bond acceptors (Lipinski definition) is 5. The molecule has 6 nitrogen and oxygen atoms in total. The first-order valence-electron chi connectivity index (χ1n) is 5.88. The molecule has 0 aromatic carbocycles. The highest BCUT2D eigenvalue weighted by Gasteiger charge is 2.05. The molecule has 2 aromatic rings. The molecule has 0 atom stereocenters. The van der Waals surface area contributed by atoms with Crippen molar-refractivity contribution >= 4 is 5.78 Å². The lowest BCUT2D eigenvalue weighted by Crippen LogP contribution is -2.14. The van der Waals surface area contributed by atoms with Crippen molar-refractivity contribution in [1.29, 1.82) is 0 Å². The van der Waals surface area contributed by atoms with Crippen molar-refractivity contribution in [1.82, 2.24) is 24.9 Å². The molecule has 0 bridgehead atoms. The van der Waals surface area contributed by atoms with Gasteiger partial charge in [0.1, 0.15) is 0 Å². The number of rotatable bonds is 6. The fourth-order valence-corrected chi connectivity index (χ4v) is 1.49. The van der Waals surface area contributed by atoms with Crippen LogP contribution in [-0.2, 0) is 6.54 Å². The normalized spacial score (nSPS) is 10.9. The van der Waals surface area contributed by atoms with Gasteiger partial charge in [0.2, 0.25) is 0 Å². The minimum atomic E-state index is 0.374. The summed E-state index contributed by atoms with van der Waals surface area (Å²) in [4.78, 5) is 8.37. The maximum absolute atomic E-state index is 5.23. The molecule has 17 heavy (non-hydrogen) atoms. The van der Waals surface area contributed by atoms with Crippen molar-refractivity contribution in [3.05, 3.63) is 18.0 Å². The summed E-state index contributed by atoms with van der Waals surface area (Å²) in [5.74, 6) is 0.563. The van der Waals surface area contributed by atoms with Crippen LogP contribution in [0.3, 0.4) is 0 Å². The van der Waals surface area contributed by atoms with Crippen LogP contribution in [0.2, 0.25) is 0 Å². The smallest absolute Gasteiger partial charge is 0.337 e. The van der Waals surface area contributed by atoms with Gasteiger partial charge in [-0.05, 0) is 19.9 Å². The highest BCUT2D eigenvalue weighted by molar-refractivity contribution is 5.29. The zero-order valence-corrected chi connectivity index (χ0v) is 10.2. The Morgan fingerprint density at radius 3 is 3.06 bits per heavy atom. The standard InChI is InChI=1S/C11H17N5O/c1-3-5-12-6-9-7-13-10-14-11(17-4-2)15-16(10)8-9/h7-8,12H,3-6H2,1-2H3. The summed E-state index contributed by atoms with van der Waals surface area (Å²) in [5.41, 5.74) is 1.08. The fourth-order valence-electron chi connectivity index (χ4n) is 1.49. The molecule has 2 rings (SSSR count). The molecule has 2 aromatic heterocycles. The van der Waals surface area contributed by atoms with Gasteiger partial charge >= 0.3 is 6.01 Å². The molecule has 0 radical (unpaired) electrons. The maximum atomic E-state index is 5.23. The first kappa shape index (κ1) is 11.8. The summed E-state index contributed by atoms with van der Waals surface area (Å²) in [6, 6.07) is 0.374. The first-order valence-corrected chi connectivity index (χ1v) is 5.88. The van der Waals surface area contributed by atoms with Crippen molar-refractivity contribution in [2.24, 2.45) is 0 Å². The summed E-state index contributed by atoms with van der Waals surface area (Å²) in [5, 5.41) is 7.50. The van der Waals surface area contributed by atoms with Crippen LogP contribution >= 0.6 is 0 Å². The van der Waals surface area contributed by atoms with E-state index in [0.717, 1.165) is 25.1 Å². The second kappa shape index (κ2) is 5.58. The van der Waals surface area contributed by atoms with E-state index in [1.54, 1.807) is 4.52 Å². The predicted octanol–water partition coefficient (Wildman–Crippen LogP) is 1.02. The lowest BCUT2D eigenvalue weighted by molar-refractivity contribution is 0.313. The molecule has 0 unspecified atom stereocenters. The molecule has 0 aliphatic carbocycles. The highest BCUT2D eigenvalue weighted by atomic mass is 16.5. The number of aromatic nitrogens is 4. The Morgan fingerprint density at radius 2 is 2.29 bits per heavy atom. The zero-order valence-electron chi connectivity index (χ0n) is 10.2.